The molecule has 0 saturated heterocycles. The van der Waals surface area contributed by atoms with Gasteiger partial charge in [-0.1, -0.05) is 30.3 Å². The lowest BCUT2D eigenvalue weighted by Gasteiger charge is -2.24. The van der Waals surface area contributed by atoms with Gasteiger partial charge in [-0.15, -0.1) is 0 Å². The van der Waals surface area contributed by atoms with Gasteiger partial charge in [0.25, 0.3) is 6.43 Å². The molecule has 0 aliphatic heterocycles. The number of hydrogen-bond donors (Lipinski definition) is 2. The topological polar surface area (TPSA) is 66.6 Å². The van der Waals surface area contributed by atoms with E-state index in [0.29, 0.717) is 0 Å². The van der Waals surface area contributed by atoms with Crippen LogP contribution in [0.2, 0.25) is 0 Å². The van der Waals surface area contributed by atoms with E-state index in [2.05, 4.69) is 0 Å². The number of carbonyl (C=O) groups excluding carboxylic acids is 1. The van der Waals surface area contributed by atoms with Gasteiger partial charge in [0.15, 0.2) is 0 Å². The minimum Gasteiger partial charge on any atom is -0.395 e. The zero-order chi connectivity index (χ0) is 14.3. The third-order valence-corrected chi connectivity index (χ3v) is 2.66. The van der Waals surface area contributed by atoms with Gasteiger partial charge in [-0.05, 0) is 12.0 Å². The van der Waals surface area contributed by atoms with Gasteiger partial charge in [-0.25, -0.2) is 8.78 Å². The summed E-state index contributed by atoms with van der Waals surface area (Å²) in [5.74, 6) is -0.571. The van der Waals surface area contributed by atoms with Crippen molar-refractivity contribution >= 4 is 5.91 Å². The summed E-state index contributed by atoms with van der Waals surface area (Å²) in [6, 6.07) is 8.22. The maximum Gasteiger partial charge on any atom is 0.255 e. The Labute approximate surface area is 110 Å². The van der Waals surface area contributed by atoms with Gasteiger partial charge in [0.1, 0.15) is 0 Å². The predicted octanol–water partition coefficient (Wildman–Crippen LogP) is 0.642. The number of rotatable bonds is 7. The van der Waals surface area contributed by atoms with E-state index in [1.165, 1.54) is 0 Å². The van der Waals surface area contributed by atoms with Crippen molar-refractivity contribution in [3.05, 3.63) is 35.9 Å². The molecule has 0 bridgehead atoms. The van der Waals surface area contributed by atoms with Crippen LogP contribution in [0.25, 0.3) is 0 Å². The molecular formula is C13H18F2N2O2. The third-order valence-electron chi connectivity index (χ3n) is 2.66. The van der Waals surface area contributed by atoms with Crippen LogP contribution in [0.1, 0.15) is 5.56 Å². The number of nitrogens with two attached hydrogens (primary N) is 1. The number of aliphatic hydroxyl groups is 1. The Morgan fingerprint density at radius 3 is 2.47 bits per heavy atom. The summed E-state index contributed by atoms with van der Waals surface area (Å²) in [5.41, 5.74) is 6.60. The lowest BCUT2D eigenvalue weighted by Crippen LogP contribution is -2.47. The van der Waals surface area contributed by atoms with E-state index in [1.807, 2.05) is 30.3 Å². The summed E-state index contributed by atoms with van der Waals surface area (Å²) < 4.78 is 24.7. The monoisotopic (exact) mass is 272 g/mol. The highest BCUT2D eigenvalue weighted by molar-refractivity contribution is 5.82. The standard InChI is InChI=1S/C13H18F2N2O2/c14-12(15)9-17(6-7-18)13(19)11(16)8-10-4-2-1-3-5-10/h1-5,11-12,18H,6-9,16H2/t11-/m1/s1. The molecule has 1 aromatic rings. The van der Waals surface area contributed by atoms with E-state index in [4.69, 9.17) is 10.8 Å². The second-order valence-electron chi connectivity index (χ2n) is 4.20. The molecule has 0 spiro atoms. The first-order valence-electron chi connectivity index (χ1n) is 6.02. The van der Waals surface area contributed by atoms with Crippen molar-refractivity contribution in [2.45, 2.75) is 18.9 Å². The Hall–Kier alpha value is -1.53. The number of amides is 1. The van der Waals surface area contributed by atoms with Crippen molar-refractivity contribution in [3.8, 4) is 0 Å². The SMILES string of the molecule is N[C@H](Cc1ccccc1)C(=O)N(CCO)CC(F)F. The van der Waals surface area contributed by atoms with Crippen molar-refractivity contribution in [1.82, 2.24) is 4.90 Å². The van der Waals surface area contributed by atoms with Crippen LogP contribution in [-0.4, -0.2) is 48.1 Å². The van der Waals surface area contributed by atoms with Gasteiger partial charge in [0.2, 0.25) is 5.91 Å². The lowest BCUT2D eigenvalue weighted by atomic mass is 10.1. The summed E-state index contributed by atoms with van der Waals surface area (Å²) in [6.45, 7) is -1.20. The number of aliphatic hydroxyl groups excluding tert-OH is 1. The van der Waals surface area contributed by atoms with E-state index in [1.54, 1.807) is 0 Å². The molecule has 1 aromatic carbocycles. The van der Waals surface area contributed by atoms with Crippen LogP contribution in [0.3, 0.4) is 0 Å². The first kappa shape index (κ1) is 15.5. The molecule has 6 heteroatoms. The summed E-state index contributed by atoms with van der Waals surface area (Å²) in [5, 5.41) is 8.79. The summed E-state index contributed by atoms with van der Waals surface area (Å²) in [7, 11) is 0. The molecule has 0 saturated carbocycles. The highest BCUT2D eigenvalue weighted by atomic mass is 19.3. The Morgan fingerprint density at radius 2 is 1.95 bits per heavy atom. The van der Waals surface area contributed by atoms with E-state index in [0.717, 1.165) is 10.5 Å². The molecule has 0 unspecified atom stereocenters. The fraction of sp³-hybridized carbons (Fsp3) is 0.462. The second-order valence-corrected chi connectivity index (χ2v) is 4.20. The quantitative estimate of drug-likeness (QED) is 0.765. The lowest BCUT2D eigenvalue weighted by molar-refractivity contribution is -0.135. The van der Waals surface area contributed by atoms with Crippen LogP contribution in [0.4, 0.5) is 8.78 Å². The summed E-state index contributed by atoms with van der Waals surface area (Å²) >= 11 is 0. The Morgan fingerprint density at radius 1 is 1.32 bits per heavy atom. The molecule has 4 nitrogen and oxygen atoms in total. The highest BCUT2D eigenvalue weighted by Crippen LogP contribution is 2.06. The molecule has 0 heterocycles. The number of hydrogen-bond acceptors (Lipinski definition) is 3. The zero-order valence-electron chi connectivity index (χ0n) is 10.5. The number of alkyl halides is 2. The fourth-order valence-electron chi connectivity index (χ4n) is 1.77. The Balaban J connectivity index is 2.62. The van der Waals surface area contributed by atoms with Crippen LogP contribution in [0, 0.1) is 0 Å². The molecule has 0 aromatic heterocycles. The Bertz CT molecular complexity index is 387. The van der Waals surface area contributed by atoms with Gasteiger partial charge in [-0.2, -0.15) is 0 Å². The average molecular weight is 272 g/mol. The van der Waals surface area contributed by atoms with Crippen molar-refractivity contribution in [3.63, 3.8) is 0 Å². The van der Waals surface area contributed by atoms with Crippen molar-refractivity contribution in [1.29, 1.82) is 0 Å². The smallest absolute Gasteiger partial charge is 0.255 e. The van der Waals surface area contributed by atoms with Crippen molar-refractivity contribution in [2.24, 2.45) is 5.73 Å². The number of nitrogens with zero attached hydrogens (tertiary/aromatic N) is 1. The molecule has 19 heavy (non-hydrogen) atoms. The molecule has 0 radical (unpaired) electrons. The maximum atomic E-state index is 12.3. The number of halogens is 2. The summed E-state index contributed by atoms with van der Waals surface area (Å²) in [4.78, 5) is 12.8. The van der Waals surface area contributed by atoms with E-state index < -0.39 is 24.9 Å². The normalized spacial score (nSPS) is 12.5. The molecule has 1 rings (SSSR count). The predicted molar refractivity (Wildman–Crippen MR) is 67.8 cm³/mol. The van der Waals surface area contributed by atoms with Crippen LogP contribution in [0.15, 0.2) is 30.3 Å². The van der Waals surface area contributed by atoms with Gasteiger partial charge < -0.3 is 15.7 Å². The molecule has 1 atom stereocenters. The van der Waals surface area contributed by atoms with Crippen molar-refractivity contribution < 1.29 is 18.7 Å². The number of carbonyl (C=O) groups is 1. The molecule has 0 aliphatic rings. The third kappa shape index (κ3) is 5.32. The van der Waals surface area contributed by atoms with Crippen LogP contribution < -0.4 is 5.73 Å². The average Bonchev–Trinajstić information content (AvgIpc) is 2.38. The van der Waals surface area contributed by atoms with E-state index in [-0.39, 0.29) is 19.6 Å². The molecule has 0 aliphatic carbocycles. The van der Waals surface area contributed by atoms with Crippen LogP contribution in [0.5, 0.6) is 0 Å². The molecular weight excluding hydrogens is 254 g/mol. The fourth-order valence-corrected chi connectivity index (χ4v) is 1.77. The van der Waals surface area contributed by atoms with Gasteiger partial charge >= 0.3 is 0 Å². The van der Waals surface area contributed by atoms with Crippen LogP contribution >= 0.6 is 0 Å². The molecule has 106 valence electrons. The second kappa shape index (κ2) is 7.81. The Kier molecular flexibility index (Phi) is 6.38. The first-order valence-corrected chi connectivity index (χ1v) is 6.02. The van der Waals surface area contributed by atoms with Gasteiger partial charge in [0, 0.05) is 6.54 Å². The van der Waals surface area contributed by atoms with Crippen LogP contribution in [-0.2, 0) is 11.2 Å². The minimum absolute atomic E-state index is 0.133. The van der Waals surface area contributed by atoms with Crippen molar-refractivity contribution in [2.75, 3.05) is 19.7 Å². The molecule has 1 amide bonds. The van der Waals surface area contributed by atoms with Gasteiger partial charge in [-0.3, -0.25) is 4.79 Å². The maximum absolute atomic E-state index is 12.3. The largest absolute Gasteiger partial charge is 0.395 e. The minimum atomic E-state index is -2.64. The molecule has 0 fully saturated rings. The number of benzene rings is 1. The van der Waals surface area contributed by atoms with Gasteiger partial charge in [0.05, 0.1) is 19.2 Å². The van der Waals surface area contributed by atoms with E-state index in [9.17, 15) is 13.6 Å². The summed E-state index contributed by atoms with van der Waals surface area (Å²) in [6.07, 6.45) is -2.36. The molecule has 3 N–H and O–H groups in total. The zero-order valence-corrected chi connectivity index (χ0v) is 10.5. The first-order chi connectivity index (χ1) is 9.04. The van der Waals surface area contributed by atoms with E-state index >= 15 is 0 Å². The highest BCUT2D eigenvalue weighted by Gasteiger charge is 2.23.